The summed E-state index contributed by atoms with van der Waals surface area (Å²) >= 11 is 0. The number of aryl methyl sites for hydroxylation is 1. The lowest BCUT2D eigenvalue weighted by Crippen LogP contribution is -2.39. The molecule has 2 aromatic rings. The van der Waals surface area contributed by atoms with E-state index in [1.807, 2.05) is 33.8 Å². The Morgan fingerprint density at radius 2 is 1.80 bits per heavy atom. The number of hydrogen-bond donors (Lipinski definition) is 2. The van der Waals surface area contributed by atoms with Crippen molar-refractivity contribution in [3.05, 3.63) is 58.4 Å². The molecule has 0 saturated heterocycles. The van der Waals surface area contributed by atoms with E-state index in [2.05, 4.69) is 15.2 Å². The maximum absolute atomic E-state index is 12.6. The largest absolute Gasteiger partial charge is 0.454 e. The summed E-state index contributed by atoms with van der Waals surface area (Å²) in [6, 6.07) is 8.94. The molecule has 0 bridgehead atoms. The molecule has 160 valence electrons. The number of Topliss-reactive ketones (excluding diaryl/α,β-unsaturated/α-hetero) is 1. The van der Waals surface area contributed by atoms with Crippen molar-refractivity contribution < 1.29 is 19.1 Å². The first-order valence-corrected chi connectivity index (χ1v) is 10.3. The summed E-state index contributed by atoms with van der Waals surface area (Å²) < 4.78 is 7.43. The fraction of sp³-hybridized carbons (Fsp3) is 0.435. The number of benzene rings is 1. The molecule has 0 unspecified atom stereocenters. The number of hydrogen-bond acceptors (Lipinski definition) is 4. The van der Waals surface area contributed by atoms with E-state index in [1.165, 1.54) is 0 Å². The zero-order chi connectivity index (χ0) is 21.8. The highest BCUT2D eigenvalue weighted by Crippen LogP contribution is 2.38. The van der Waals surface area contributed by atoms with E-state index < -0.39 is 5.97 Å². The van der Waals surface area contributed by atoms with Crippen LogP contribution in [-0.2, 0) is 11.3 Å². The van der Waals surface area contributed by atoms with E-state index in [0.717, 1.165) is 29.8 Å². The van der Waals surface area contributed by atoms with E-state index in [-0.39, 0.29) is 24.5 Å². The van der Waals surface area contributed by atoms with Crippen LogP contribution in [0.1, 0.15) is 70.4 Å². The highest BCUT2D eigenvalue weighted by atomic mass is 16.5. The molecule has 1 aromatic heterocycles. The Morgan fingerprint density at radius 1 is 1.13 bits per heavy atom. The molecule has 1 aliphatic rings. The summed E-state index contributed by atoms with van der Waals surface area (Å²) in [7, 11) is 0. The van der Waals surface area contributed by atoms with Crippen molar-refractivity contribution in [3.8, 4) is 0 Å². The number of nitrogens with zero attached hydrogens (tertiary/aromatic N) is 1. The Bertz CT molecular complexity index is 940. The molecule has 1 aromatic carbocycles. The van der Waals surface area contributed by atoms with E-state index in [9.17, 15) is 14.4 Å². The van der Waals surface area contributed by atoms with Crippen LogP contribution in [0.3, 0.4) is 0 Å². The molecule has 1 saturated carbocycles. The van der Waals surface area contributed by atoms with E-state index in [4.69, 9.17) is 4.74 Å². The van der Waals surface area contributed by atoms with E-state index >= 15 is 0 Å². The van der Waals surface area contributed by atoms with Gasteiger partial charge in [0.1, 0.15) is 0 Å². The third-order valence-corrected chi connectivity index (χ3v) is 5.09. The molecule has 2 amide bonds. The van der Waals surface area contributed by atoms with Crippen molar-refractivity contribution in [2.45, 2.75) is 59.2 Å². The molecule has 1 heterocycles. The second kappa shape index (κ2) is 9.15. The average molecular weight is 412 g/mol. The van der Waals surface area contributed by atoms with E-state index in [0.29, 0.717) is 23.7 Å². The van der Waals surface area contributed by atoms with E-state index in [1.54, 1.807) is 24.3 Å². The number of ether oxygens (including phenoxy) is 1. The lowest BCUT2D eigenvalue weighted by Gasteiger charge is -2.10. The first-order chi connectivity index (χ1) is 14.3. The van der Waals surface area contributed by atoms with Gasteiger partial charge < -0.3 is 19.9 Å². The number of esters is 1. The predicted molar refractivity (Wildman–Crippen MR) is 114 cm³/mol. The summed E-state index contributed by atoms with van der Waals surface area (Å²) in [5.74, 6) is -0.739. The van der Waals surface area contributed by atoms with Gasteiger partial charge in [-0.2, -0.15) is 0 Å². The molecular weight excluding hydrogens is 382 g/mol. The van der Waals surface area contributed by atoms with Crippen LogP contribution >= 0.6 is 0 Å². The van der Waals surface area contributed by atoms with Gasteiger partial charge in [-0.15, -0.1) is 0 Å². The molecule has 0 radical (unpaired) electrons. The minimum absolute atomic E-state index is 0.0600. The quantitative estimate of drug-likeness (QED) is 0.512. The number of rotatable bonds is 8. The van der Waals surface area contributed by atoms with Crippen molar-refractivity contribution in [2.24, 2.45) is 0 Å². The molecule has 7 nitrogen and oxygen atoms in total. The minimum atomic E-state index is -0.545. The minimum Gasteiger partial charge on any atom is -0.454 e. The molecule has 30 heavy (non-hydrogen) atoms. The van der Waals surface area contributed by atoms with Crippen LogP contribution in [0.2, 0.25) is 0 Å². The Balaban J connectivity index is 1.52. The smallest absolute Gasteiger partial charge is 0.338 e. The summed E-state index contributed by atoms with van der Waals surface area (Å²) in [5, 5.41) is 5.49. The number of amides is 2. The zero-order valence-corrected chi connectivity index (χ0v) is 18.0. The number of carbonyl (C=O) groups excluding carboxylic acids is 3. The Labute approximate surface area is 176 Å². The van der Waals surface area contributed by atoms with Crippen LogP contribution in [0.25, 0.3) is 0 Å². The molecule has 3 rings (SSSR count). The van der Waals surface area contributed by atoms with Crippen LogP contribution in [-0.4, -0.2) is 35.0 Å². The predicted octanol–water partition coefficient (Wildman–Crippen LogP) is 3.69. The number of ketones is 1. The summed E-state index contributed by atoms with van der Waals surface area (Å²) in [5.41, 5.74) is 3.84. The van der Waals surface area contributed by atoms with Crippen LogP contribution in [0.4, 0.5) is 4.79 Å². The molecule has 2 N–H and O–H groups in total. The molecular formula is C23H29N3O4. The second-order valence-electron chi connectivity index (χ2n) is 8.06. The maximum Gasteiger partial charge on any atom is 0.338 e. The standard InChI is InChI=1S/C23H29N3O4/c1-14(2)25-23(29)24-12-17-5-7-18(8-6-17)22(28)30-13-21(27)20-11-15(3)26(16(20)4)19-9-10-19/h5-8,11,14,19H,9-10,12-13H2,1-4H3,(H2,24,25,29). The van der Waals surface area contributed by atoms with Crippen molar-refractivity contribution in [2.75, 3.05) is 6.61 Å². The first kappa shape index (κ1) is 21.6. The Morgan fingerprint density at radius 3 is 2.40 bits per heavy atom. The van der Waals surface area contributed by atoms with Gasteiger partial charge in [0.05, 0.1) is 5.56 Å². The Kier molecular flexibility index (Phi) is 6.59. The SMILES string of the molecule is Cc1cc(C(=O)COC(=O)c2ccc(CNC(=O)NC(C)C)cc2)c(C)n1C1CC1. The summed E-state index contributed by atoms with van der Waals surface area (Å²) in [6.45, 7) is 7.77. The highest BCUT2D eigenvalue weighted by molar-refractivity contribution is 6.00. The second-order valence-corrected chi connectivity index (χ2v) is 8.06. The average Bonchev–Trinajstić information content (AvgIpc) is 3.48. The first-order valence-electron chi connectivity index (χ1n) is 10.3. The van der Waals surface area contributed by atoms with Crippen molar-refractivity contribution in [3.63, 3.8) is 0 Å². The van der Waals surface area contributed by atoms with Crippen molar-refractivity contribution >= 4 is 17.8 Å². The van der Waals surface area contributed by atoms with Crippen molar-refractivity contribution in [1.82, 2.24) is 15.2 Å². The lowest BCUT2D eigenvalue weighted by molar-refractivity contribution is 0.0474. The van der Waals surface area contributed by atoms with Crippen molar-refractivity contribution in [1.29, 1.82) is 0 Å². The number of urea groups is 1. The van der Waals surface area contributed by atoms with Gasteiger partial charge in [0.15, 0.2) is 6.61 Å². The third kappa shape index (κ3) is 5.28. The topological polar surface area (TPSA) is 89.4 Å². The van der Waals surface area contributed by atoms with Crippen LogP contribution in [0, 0.1) is 13.8 Å². The Hall–Kier alpha value is -3.09. The zero-order valence-electron chi connectivity index (χ0n) is 18.0. The van der Waals surface area contributed by atoms with Gasteiger partial charge in [0.2, 0.25) is 5.78 Å². The van der Waals surface area contributed by atoms with Crippen LogP contribution in [0.5, 0.6) is 0 Å². The highest BCUT2D eigenvalue weighted by Gasteiger charge is 2.28. The van der Waals surface area contributed by atoms with Gasteiger partial charge in [-0.3, -0.25) is 4.79 Å². The molecule has 1 aliphatic carbocycles. The molecule has 7 heteroatoms. The van der Waals surface area contributed by atoms with Crippen LogP contribution < -0.4 is 10.6 Å². The molecule has 0 atom stereocenters. The monoisotopic (exact) mass is 411 g/mol. The van der Waals surface area contributed by atoms with Gasteiger partial charge >= 0.3 is 12.0 Å². The maximum atomic E-state index is 12.6. The number of aromatic nitrogens is 1. The fourth-order valence-corrected chi connectivity index (χ4v) is 3.50. The van der Waals surface area contributed by atoms with Gasteiger partial charge in [-0.1, -0.05) is 12.1 Å². The van der Waals surface area contributed by atoms with Gasteiger partial charge in [0.25, 0.3) is 0 Å². The summed E-state index contributed by atoms with van der Waals surface area (Å²) in [6.07, 6.45) is 2.29. The third-order valence-electron chi connectivity index (χ3n) is 5.09. The lowest BCUT2D eigenvalue weighted by atomic mass is 10.1. The molecule has 0 aliphatic heterocycles. The van der Waals surface area contributed by atoms with Gasteiger partial charge in [0, 0.05) is 35.6 Å². The number of nitrogens with one attached hydrogen (secondary N) is 2. The number of carbonyl (C=O) groups is 3. The fourth-order valence-electron chi connectivity index (χ4n) is 3.50. The summed E-state index contributed by atoms with van der Waals surface area (Å²) in [4.78, 5) is 36.5. The van der Waals surface area contributed by atoms with Gasteiger partial charge in [-0.25, -0.2) is 9.59 Å². The molecule has 0 spiro atoms. The normalized spacial score (nSPS) is 13.2. The van der Waals surface area contributed by atoms with Gasteiger partial charge in [-0.05, 0) is 64.3 Å². The molecule has 1 fully saturated rings. The van der Waals surface area contributed by atoms with Crippen LogP contribution in [0.15, 0.2) is 30.3 Å².